The molecule has 4 nitrogen and oxygen atoms in total. The minimum atomic E-state index is 0.333. The number of hydrogen-bond acceptors (Lipinski definition) is 4. The molecule has 0 amide bonds. The number of ether oxygens (including phenoxy) is 1. The van der Waals surface area contributed by atoms with E-state index < -0.39 is 0 Å². The van der Waals surface area contributed by atoms with Crippen LogP contribution in [0, 0.1) is 5.92 Å². The molecule has 1 fully saturated rings. The van der Waals surface area contributed by atoms with Gasteiger partial charge in [-0.2, -0.15) is 0 Å². The van der Waals surface area contributed by atoms with Crippen molar-refractivity contribution in [3.05, 3.63) is 0 Å². The summed E-state index contributed by atoms with van der Waals surface area (Å²) in [6.45, 7) is 14.1. The van der Waals surface area contributed by atoms with Gasteiger partial charge in [-0.3, -0.25) is 4.90 Å². The van der Waals surface area contributed by atoms with Crippen molar-refractivity contribution < 1.29 is 4.74 Å². The molecule has 0 aromatic rings. The first-order chi connectivity index (χ1) is 8.90. The van der Waals surface area contributed by atoms with Gasteiger partial charge in [0.2, 0.25) is 0 Å². The van der Waals surface area contributed by atoms with E-state index in [0.29, 0.717) is 24.1 Å². The molecule has 1 rings (SSSR count). The summed E-state index contributed by atoms with van der Waals surface area (Å²) in [4.78, 5) is 4.76. The maximum atomic E-state index is 5.88. The molecule has 2 atom stereocenters. The fourth-order valence-corrected chi connectivity index (χ4v) is 2.52. The SMILES string of the molecule is CC(C)C(CN(C)C)NCC1CN(C(C)C)CCO1. The number of nitrogens with zero attached hydrogens (tertiary/aromatic N) is 2. The van der Waals surface area contributed by atoms with Gasteiger partial charge >= 0.3 is 0 Å². The zero-order valence-electron chi connectivity index (χ0n) is 13.6. The predicted molar refractivity (Wildman–Crippen MR) is 81.6 cm³/mol. The maximum absolute atomic E-state index is 5.88. The number of morpholine rings is 1. The third kappa shape index (κ3) is 6.21. The van der Waals surface area contributed by atoms with Crippen LogP contribution in [0.1, 0.15) is 27.7 Å². The Labute approximate surface area is 119 Å². The van der Waals surface area contributed by atoms with Crippen LogP contribution in [0.5, 0.6) is 0 Å². The van der Waals surface area contributed by atoms with Gasteiger partial charge in [0.25, 0.3) is 0 Å². The van der Waals surface area contributed by atoms with E-state index in [1.165, 1.54) is 0 Å². The molecule has 1 heterocycles. The van der Waals surface area contributed by atoms with E-state index in [9.17, 15) is 0 Å². The Kier molecular flexibility index (Phi) is 7.29. The molecular weight excluding hydrogens is 238 g/mol. The fraction of sp³-hybridized carbons (Fsp3) is 1.00. The number of rotatable bonds is 7. The highest BCUT2D eigenvalue weighted by molar-refractivity contribution is 4.79. The molecule has 0 radical (unpaired) electrons. The van der Waals surface area contributed by atoms with Gasteiger partial charge in [0, 0.05) is 38.3 Å². The second-order valence-electron chi connectivity index (χ2n) is 6.60. The molecule has 4 heteroatoms. The Bertz CT molecular complexity index is 244. The predicted octanol–water partition coefficient (Wildman–Crippen LogP) is 1.27. The molecule has 1 aliphatic heterocycles. The molecule has 0 aliphatic carbocycles. The van der Waals surface area contributed by atoms with Crippen molar-refractivity contribution in [3.63, 3.8) is 0 Å². The van der Waals surface area contributed by atoms with Crippen LogP contribution >= 0.6 is 0 Å². The summed E-state index contributed by atoms with van der Waals surface area (Å²) in [6.07, 6.45) is 0.333. The molecule has 0 aromatic heterocycles. The first-order valence-electron chi connectivity index (χ1n) is 7.64. The summed E-state index contributed by atoms with van der Waals surface area (Å²) in [5, 5.41) is 3.69. The minimum absolute atomic E-state index is 0.333. The van der Waals surface area contributed by atoms with Crippen molar-refractivity contribution in [2.45, 2.75) is 45.9 Å². The van der Waals surface area contributed by atoms with E-state index in [-0.39, 0.29) is 0 Å². The van der Waals surface area contributed by atoms with Crippen molar-refractivity contribution in [2.75, 3.05) is 46.9 Å². The van der Waals surface area contributed by atoms with Crippen molar-refractivity contribution >= 4 is 0 Å². The third-order valence-corrected chi connectivity index (χ3v) is 3.87. The van der Waals surface area contributed by atoms with E-state index in [1.807, 2.05) is 0 Å². The van der Waals surface area contributed by atoms with Crippen LogP contribution in [0.2, 0.25) is 0 Å². The van der Waals surface area contributed by atoms with Crippen molar-refractivity contribution in [1.29, 1.82) is 0 Å². The molecular formula is C15H33N3O. The lowest BCUT2D eigenvalue weighted by Gasteiger charge is -2.36. The van der Waals surface area contributed by atoms with Crippen LogP contribution in [0.25, 0.3) is 0 Å². The van der Waals surface area contributed by atoms with Crippen molar-refractivity contribution in [2.24, 2.45) is 5.92 Å². The second-order valence-corrected chi connectivity index (χ2v) is 6.60. The van der Waals surface area contributed by atoms with Gasteiger partial charge in [0.1, 0.15) is 0 Å². The quantitative estimate of drug-likeness (QED) is 0.755. The Hall–Kier alpha value is -0.160. The van der Waals surface area contributed by atoms with Crippen LogP contribution in [0.4, 0.5) is 0 Å². The standard InChI is InChI=1S/C15H33N3O/c1-12(2)15(11-17(5)6)16-9-14-10-18(13(3)4)7-8-19-14/h12-16H,7-11H2,1-6H3. The zero-order valence-corrected chi connectivity index (χ0v) is 13.6. The van der Waals surface area contributed by atoms with Gasteiger partial charge < -0.3 is 15.0 Å². The maximum Gasteiger partial charge on any atom is 0.0826 e. The van der Waals surface area contributed by atoms with Crippen LogP contribution < -0.4 is 5.32 Å². The van der Waals surface area contributed by atoms with Gasteiger partial charge in [-0.15, -0.1) is 0 Å². The largest absolute Gasteiger partial charge is 0.374 e. The normalized spacial score (nSPS) is 23.5. The van der Waals surface area contributed by atoms with E-state index in [4.69, 9.17) is 4.74 Å². The van der Waals surface area contributed by atoms with Gasteiger partial charge in [-0.25, -0.2) is 0 Å². The minimum Gasteiger partial charge on any atom is -0.374 e. The Morgan fingerprint density at radius 3 is 2.47 bits per heavy atom. The molecule has 1 aliphatic rings. The highest BCUT2D eigenvalue weighted by atomic mass is 16.5. The summed E-state index contributed by atoms with van der Waals surface area (Å²) in [6, 6.07) is 1.15. The number of nitrogens with one attached hydrogen (secondary N) is 1. The molecule has 2 unspecified atom stereocenters. The summed E-state index contributed by atoms with van der Waals surface area (Å²) >= 11 is 0. The van der Waals surface area contributed by atoms with Gasteiger partial charge in [0.15, 0.2) is 0 Å². The average molecular weight is 271 g/mol. The number of hydrogen-bond donors (Lipinski definition) is 1. The Morgan fingerprint density at radius 1 is 1.26 bits per heavy atom. The first-order valence-corrected chi connectivity index (χ1v) is 7.64. The molecule has 19 heavy (non-hydrogen) atoms. The summed E-state index contributed by atoms with van der Waals surface area (Å²) < 4.78 is 5.88. The fourth-order valence-electron chi connectivity index (χ4n) is 2.52. The van der Waals surface area contributed by atoms with Crippen LogP contribution in [-0.4, -0.2) is 74.9 Å². The van der Waals surface area contributed by atoms with E-state index in [1.54, 1.807) is 0 Å². The van der Waals surface area contributed by atoms with Gasteiger partial charge in [-0.1, -0.05) is 13.8 Å². The smallest absolute Gasteiger partial charge is 0.0826 e. The van der Waals surface area contributed by atoms with Gasteiger partial charge in [0.05, 0.1) is 12.7 Å². The van der Waals surface area contributed by atoms with Gasteiger partial charge in [-0.05, 0) is 33.9 Å². The van der Waals surface area contributed by atoms with Crippen molar-refractivity contribution in [3.8, 4) is 0 Å². The Morgan fingerprint density at radius 2 is 1.95 bits per heavy atom. The molecule has 0 spiro atoms. The van der Waals surface area contributed by atoms with Crippen LogP contribution in [0.15, 0.2) is 0 Å². The number of likely N-dealkylation sites (N-methyl/N-ethyl adjacent to an activating group) is 1. The lowest BCUT2D eigenvalue weighted by atomic mass is 10.0. The third-order valence-electron chi connectivity index (χ3n) is 3.87. The van der Waals surface area contributed by atoms with Crippen molar-refractivity contribution in [1.82, 2.24) is 15.1 Å². The second kappa shape index (κ2) is 8.20. The molecule has 0 bridgehead atoms. The highest BCUT2D eigenvalue weighted by Gasteiger charge is 2.23. The molecule has 1 N–H and O–H groups in total. The topological polar surface area (TPSA) is 27.7 Å². The molecule has 0 saturated carbocycles. The summed E-state index contributed by atoms with van der Waals surface area (Å²) in [5.74, 6) is 0.646. The van der Waals surface area contributed by atoms with E-state index in [0.717, 1.165) is 32.8 Å². The van der Waals surface area contributed by atoms with Crippen LogP contribution in [-0.2, 0) is 4.74 Å². The van der Waals surface area contributed by atoms with Crippen LogP contribution in [0.3, 0.4) is 0 Å². The summed E-state index contributed by atoms with van der Waals surface area (Å²) in [5.41, 5.74) is 0. The lowest BCUT2D eigenvalue weighted by Crippen LogP contribution is -2.52. The molecule has 114 valence electrons. The molecule has 1 saturated heterocycles. The zero-order chi connectivity index (χ0) is 14.4. The summed E-state index contributed by atoms with van der Waals surface area (Å²) in [7, 11) is 4.27. The first kappa shape index (κ1) is 16.9. The monoisotopic (exact) mass is 271 g/mol. The Balaban J connectivity index is 2.37. The average Bonchev–Trinajstić information content (AvgIpc) is 2.34. The lowest BCUT2D eigenvalue weighted by molar-refractivity contribution is -0.0388. The highest BCUT2D eigenvalue weighted by Crippen LogP contribution is 2.09. The molecule has 0 aromatic carbocycles. The van der Waals surface area contributed by atoms with E-state index >= 15 is 0 Å². The van der Waals surface area contributed by atoms with E-state index in [2.05, 4.69) is 56.9 Å².